The van der Waals surface area contributed by atoms with Crippen molar-refractivity contribution in [2.24, 2.45) is 0 Å². The summed E-state index contributed by atoms with van der Waals surface area (Å²) in [5.41, 5.74) is 4.50. The number of hydrogen-bond donors (Lipinski definition) is 0. The summed E-state index contributed by atoms with van der Waals surface area (Å²) >= 11 is 0. The van der Waals surface area contributed by atoms with Gasteiger partial charge in [0.05, 0.1) is 0 Å². The zero-order chi connectivity index (χ0) is 14.6. The molecular formula is C17H19F2Y-. The maximum atomic E-state index is 12.6. The van der Waals surface area contributed by atoms with E-state index in [0.29, 0.717) is 11.1 Å². The Bertz CT molecular complexity index is 550. The topological polar surface area (TPSA) is 0 Å². The molecule has 0 aliphatic heterocycles. The van der Waals surface area contributed by atoms with Crippen molar-refractivity contribution in [3.8, 4) is 0 Å². The number of halogens is 2. The normalized spacial score (nSPS) is 9.35. The van der Waals surface area contributed by atoms with E-state index in [4.69, 9.17) is 0 Å². The van der Waals surface area contributed by atoms with Crippen LogP contribution in [0.2, 0.25) is 0 Å². The molecule has 0 bridgehead atoms. The molecule has 0 saturated carbocycles. The van der Waals surface area contributed by atoms with Crippen molar-refractivity contribution in [2.45, 2.75) is 34.6 Å². The Morgan fingerprint density at radius 1 is 0.700 bits per heavy atom. The van der Waals surface area contributed by atoms with Gasteiger partial charge in [-0.1, -0.05) is 32.9 Å². The molecule has 2 aromatic rings. The van der Waals surface area contributed by atoms with Crippen LogP contribution in [-0.4, -0.2) is 0 Å². The van der Waals surface area contributed by atoms with Gasteiger partial charge < -0.3 is 0 Å². The second-order valence-electron chi connectivity index (χ2n) is 4.78. The van der Waals surface area contributed by atoms with Crippen molar-refractivity contribution >= 4 is 0 Å². The van der Waals surface area contributed by atoms with Crippen molar-refractivity contribution in [1.82, 2.24) is 0 Å². The summed E-state index contributed by atoms with van der Waals surface area (Å²) in [6.45, 7) is 9.33. The molecule has 1 radical (unpaired) electrons. The minimum Gasteiger partial charge on any atom is -0.203 e. The molecule has 2 aromatic carbocycles. The van der Waals surface area contributed by atoms with Gasteiger partial charge in [0.1, 0.15) is 0 Å². The fourth-order valence-corrected chi connectivity index (χ4v) is 1.55. The van der Waals surface area contributed by atoms with Crippen LogP contribution in [0.3, 0.4) is 0 Å². The summed E-state index contributed by atoms with van der Waals surface area (Å²) in [7, 11) is 0. The summed E-state index contributed by atoms with van der Waals surface area (Å²) in [6.07, 6.45) is 0. The maximum Gasteiger partial charge on any atom is 0.161 e. The third-order valence-corrected chi connectivity index (χ3v) is 3.03. The van der Waals surface area contributed by atoms with E-state index in [2.05, 4.69) is 39.0 Å². The molecule has 0 atom stereocenters. The molecule has 0 amide bonds. The summed E-state index contributed by atoms with van der Waals surface area (Å²) in [5, 5.41) is 0. The molecule has 0 fully saturated rings. The van der Waals surface area contributed by atoms with Crippen molar-refractivity contribution in [3.63, 3.8) is 0 Å². The second kappa shape index (κ2) is 8.64. The number of aryl methyl sites for hydroxylation is 5. The summed E-state index contributed by atoms with van der Waals surface area (Å²) < 4.78 is 25.2. The molecule has 2 rings (SSSR count). The van der Waals surface area contributed by atoms with Crippen molar-refractivity contribution < 1.29 is 41.5 Å². The minimum absolute atomic E-state index is 0. The molecule has 20 heavy (non-hydrogen) atoms. The molecule has 0 spiro atoms. The molecule has 0 aromatic heterocycles. The first-order valence-corrected chi connectivity index (χ1v) is 6.20. The van der Waals surface area contributed by atoms with E-state index in [-0.39, 0.29) is 32.7 Å². The van der Waals surface area contributed by atoms with E-state index in [9.17, 15) is 8.78 Å². The first kappa shape index (κ1) is 19.4. The Hall–Kier alpha value is -0.596. The molecule has 0 aliphatic carbocycles. The van der Waals surface area contributed by atoms with Crippen LogP contribution < -0.4 is 0 Å². The van der Waals surface area contributed by atoms with Crippen LogP contribution in [0.4, 0.5) is 8.78 Å². The Balaban J connectivity index is 0.000000345. The molecule has 0 heterocycles. The zero-order valence-electron chi connectivity index (χ0n) is 12.6. The van der Waals surface area contributed by atoms with Gasteiger partial charge in [0.25, 0.3) is 0 Å². The van der Waals surface area contributed by atoms with Crippen molar-refractivity contribution in [2.75, 3.05) is 0 Å². The molecule has 0 nitrogen and oxygen atoms in total. The zero-order valence-corrected chi connectivity index (χ0v) is 15.5. The Kier molecular flexibility index (Phi) is 8.38. The third kappa shape index (κ3) is 5.42. The first-order valence-electron chi connectivity index (χ1n) is 6.20. The van der Waals surface area contributed by atoms with Crippen LogP contribution in [-0.2, 0) is 32.7 Å². The average Bonchev–Trinajstić information content (AvgIpc) is 2.37. The van der Waals surface area contributed by atoms with E-state index in [0.717, 1.165) is 0 Å². The molecule has 105 valence electrons. The van der Waals surface area contributed by atoms with E-state index < -0.39 is 11.6 Å². The predicted octanol–water partition coefficient (Wildman–Crippen LogP) is 4.99. The van der Waals surface area contributed by atoms with Crippen LogP contribution in [0.15, 0.2) is 24.3 Å². The van der Waals surface area contributed by atoms with Crippen molar-refractivity contribution in [3.05, 3.63) is 69.8 Å². The van der Waals surface area contributed by atoms with E-state index in [1.165, 1.54) is 30.5 Å². The molecular weight excluding hydrogens is 331 g/mol. The summed E-state index contributed by atoms with van der Waals surface area (Å²) in [4.78, 5) is 0. The Morgan fingerprint density at radius 2 is 1.10 bits per heavy atom. The third-order valence-electron chi connectivity index (χ3n) is 3.03. The molecule has 0 unspecified atom stereocenters. The van der Waals surface area contributed by atoms with Crippen LogP contribution >= 0.6 is 0 Å². The van der Waals surface area contributed by atoms with Crippen molar-refractivity contribution in [1.29, 1.82) is 0 Å². The minimum atomic E-state index is -0.736. The van der Waals surface area contributed by atoms with Crippen LogP contribution in [0, 0.1) is 52.3 Å². The van der Waals surface area contributed by atoms with E-state index in [1.807, 2.05) is 0 Å². The number of benzene rings is 2. The SMILES string of the molecule is Cc1[c-]c(C)c(C)cc1.Cc1ccc(C)c(F)c1F.[Y]. The van der Waals surface area contributed by atoms with Gasteiger partial charge >= 0.3 is 0 Å². The van der Waals surface area contributed by atoms with Gasteiger partial charge in [-0.3, -0.25) is 0 Å². The monoisotopic (exact) mass is 350 g/mol. The van der Waals surface area contributed by atoms with Gasteiger partial charge in [0.2, 0.25) is 0 Å². The van der Waals surface area contributed by atoms with Gasteiger partial charge in [-0.2, -0.15) is 34.9 Å². The smallest absolute Gasteiger partial charge is 0.161 e. The predicted molar refractivity (Wildman–Crippen MR) is 75.3 cm³/mol. The van der Waals surface area contributed by atoms with Gasteiger partial charge in [-0.05, 0) is 25.0 Å². The summed E-state index contributed by atoms with van der Waals surface area (Å²) in [5.74, 6) is -1.47. The van der Waals surface area contributed by atoms with E-state index in [1.54, 1.807) is 12.1 Å². The van der Waals surface area contributed by atoms with Gasteiger partial charge in [0, 0.05) is 32.7 Å². The fraction of sp³-hybridized carbons (Fsp3) is 0.294. The number of rotatable bonds is 0. The second-order valence-corrected chi connectivity index (χ2v) is 4.78. The van der Waals surface area contributed by atoms with Crippen LogP contribution in [0.25, 0.3) is 0 Å². The molecule has 0 aliphatic rings. The van der Waals surface area contributed by atoms with Gasteiger partial charge in [-0.15, -0.1) is 0 Å². The van der Waals surface area contributed by atoms with E-state index >= 15 is 0 Å². The van der Waals surface area contributed by atoms with Crippen LogP contribution in [0.1, 0.15) is 27.8 Å². The Morgan fingerprint density at radius 3 is 1.45 bits per heavy atom. The Labute approximate surface area is 145 Å². The first-order chi connectivity index (χ1) is 8.82. The molecule has 3 heteroatoms. The maximum absolute atomic E-state index is 12.6. The average molecular weight is 350 g/mol. The largest absolute Gasteiger partial charge is 0.203 e. The van der Waals surface area contributed by atoms with Crippen LogP contribution in [0.5, 0.6) is 0 Å². The standard InChI is InChI=1S/C9H11.C8H8F2.Y/c1-7-4-5-8(2)9(3)6-7;1-5-3-4-6(2)8(10)7(5)9;/h4-5H,1-3H3;3-4H,1-2H3;/q-1;;. The fourth-order valence-electron chi connectivity index (χ4n) is 1.55. The number of hydrogen-bond acceptors (Lipinski definition) is 0. The summed E-state index contributed by atoms with van der Waals surface area (Å²) in [6, 6.07) is 10.6. The van der Waals surface area contributed by atoms with Gasteiger partial charge in [0.15, 0.2) is 11.6 Å². The quantitative estimate of drug-likeness (QED) is 0.587. The molecule has 0 saturated heterocycles. The molecule has 0 N–H and O–H groups in total. The van der Waals surface area contributed by atoms with Gasteiger partial charge in [-0.25, -0.2) is 8.78 Å².